The molecule has 33 heavy (non-hydrogen) atoms. The van der Waals surface area contributed by atoms with Crippen LogP contribution in [0.25, 0.3) is 0 Å². The molecule has 0 saturated carbocycles. The molecule has 0 saturated heterocycles. The Labute approximate surface area is 194 Å². The van der Waals surface area contributed by atoms with Gasteiger partial charge in [0.05, 0.1) is 37.0 Å². The zero-order chi connectivity index (χ0) is 23.8. The van der Waals surface area contributed by atoms with E-state index in [2.05, 4.69) is 10.6 Å². The molecule has 0 fully saturated rings. The van der Waals surface area contributed by atoms with Crippen LogP contribution in [-0.2, 0) is 14.8 Å². The summed E-state index contributed by atoms with van der Waals surface area (Å²) in [6.07, 6.45) is 0. The van der Waals surface area contributed by atoms with Crippen molar-refractivity contribution in [1.29, 1.82) is 0 Å². The van der Waals surface area contributed by atoms with Gasteiger partial charge in [0.25, 0.3) is 10.0 Å². The normalized spacial score (nSPS) is 10.9. The highest BCUT2D eigenvalue weighted by Crippen LogP contribution is 2.30. The van der Waals surface area contributed by atoms with Crippen LogP contribution in [0.2, 0.25) is 0 Å². The molecule has 0 aliphatic heterocycles. The summed E-state index contributed by atoms with van der Waals surface area (Å²) < 4.78 is 38.4. The molecule has 2 N–H and O–H groups in total. The number of rotatable bonds is 10. The lowest BCUT2D eigenvalue weighted by atomic mass is 10.3. The molecule has 0 heterocycles. The number of amides is 1. The number of carbonyl (C=O) groups is 1. The van der Waals surface area contributed by atoms with Crippen LogP contribution in [0.1, 0.15) is 6.92 Å². The molecule has 0 unspecified atom stereocenters. The predicted octanol–water partition coefficient (Wildman–Crippen LogP) is 3.97. The van der Waals surface area contributed by atoms with Crippen molar-refractivity contribution in [2.75, 3.05) is 42.2 Å². The number of para-hydroxylation sites is 1. The molecular weight excluding hydrogens is 442 g/mol. The van der Waals surface area contributed by atoms with E-state index < -0.39 is 10.0 Å². The highest BCUT2D eigenvalue weighted by Gasteiger charge is 2.24. The Balaban J connectivity index is 1.78. The first-order valence-electron chi connectivity index (χ1n) is 10.3. The lowest BCUT2D eigenvalue weighted by Crippen LogP contribution is -2.30. The van der Waals surface area contributed by atoms with Gasteiger partial charge >= 0.3 is 0 Å². The first-order valence-corrected chi connectivity index (χ1v) is 11.8. The van der Waals surface area contributed by atoms with Crippen LogP contribution in [0.3, 0.4) is 0 Å². The van der Waals surface area contributed by atoms with Crippen molar-refractivity contribution in [2.45, 2.75) is 11.8 Å². The maximum Gasteiger partial charge on any atom is 0.264 e. The van der Waals surface area contributed by atoms with Gasteiger partial charge in [0.2, 0.25) is 5.91 Å². The number of nitrogens with one attached hydrogen (secondary N) is 2. The molecular formula is C24H27N3O5S. The fraction of sp³-hybridized carbons (Fsp3) is 0.208. The summed E-state index contributed by atoms with van der Waals surface area (Å²) in [6.45, 7) is 1.96. The number of hydrogen-bond donors (Lipinski definition) is 2. The molecule has 174 valence electrons. The van der Waals surface area contributed by atoms with Crippen molar-refractivity contribution < 1.29 is 22.7 Å². The first-order chi connectivity index (χ1) is 15.9. The molecule has 0 aliphatic rings. The summed E-state index contributed by atoms with van der Waals surface area (Å²) >= 11 is 0. The minimum absolute atomic E-state index is 0.0813. The minimum Gasteiger partial charge on any atom is -0.497 e. The fourth-order valence-corrected chi connectivity index (χ4v) is 4.75. The van der Waals surface area contributed by atoms with Gasteiger partial charge < -0.3 is 20.1 Å². The lowest BCUT2D eigenvalue weighted by Gasteiger charge is -2.23. The van der Waals surface area contributed by atoms with Crippen molar-refractivity contribution in [3.8, 4) is 11.5 Å². The summed E-state index contributed by atoms with van der Waals surface area (Å²) in [4.78, 5) is 12.5. The third kappa shape index (κ3) is 5.75. The molecule has 9 heteroatoms. The quantitative estimate of drug-likeness (QED) is 0.466. The van der Waals surface area contributed by atoms with Gasteiger partial charge in [-0.2, -0.15) is 0 Å². The molecule has 0 spiro atoms. The second-order valence-electron chi connectivity index (χ2n) is 7.00. The SMILES string of the molecule is CCN(c1ccccc1)S(=O)(=O)c1ccc(OC)c(NCC(=O)Nc2ccc(OC)cc2)c1. The third-order valence-electron chi connectivity index (χ3n) is 4.90. The van der Waals surface area contributed by atoms with Gasteiger partial charge in [-0.1, -0.05) is 18.2 Å². The van der Waals surface area contributed by atoms with E-state index in [1.54, 1.807) is 68.6 Å². The second kappa shape index (κ2) is 10.7. The molecule has 0 radical (unpaired) electrons. The van der Waals surface area contributed by atoms with Crippen molar-refractivity contribution in [2.24, 2.45) is 0 Å². The standard InChI is InChI=1S/C24H27N3O5S/c1-4-27(19-8-6-5-7-9-19)33(29,30)21-14-15-23(32-3)22(16-21)25-17-24(28)26-18-10-12-20(31-2)13-11-18/h5-16,25H,4,17H2,1-3H3,(H,26,28). The summed E-state index contributed by atoms with van der Waals surface area (Å²) in [6, 6.07) is 20.4. The predicted molar refractivity (Wildman–Crippen MR) is 130 cm³/mol. The van der Waals surface area contributed by atoms with Crippen LogP contribution in [0, 0.1) is 0 Å². The molecule has 1 amide bonds. The fourth-order valence-electron chi connectivity index (χ4n) is 3.25. The molecule has 0 bridgehead atoms. The Kier molecular flexibility index (Phi) is 7.78. The van der Waals surface area contributed by atoms with E-state index in [-0.39, 0.29) is 23.9 Å². The zero-order valence-corrected chi connectivity index (χ0v) is 19.6. The molecule has 3 rings (SSSR count). The highest BCUT2D eigenvalue weighted by atomic mass is 32.2. The van der Waals surface area contributed by atoms with Gasteiger partial charge in [-0.15, -0.1) is 0 Å². The molecule has 3 aromatic carbocycles. The lowest BCUT2D eigenvalue weighted by molar-refractivity contribution is -0.114. The Morgan fingerprint density at radius 3 is 2.24 bits per heavy atom. The Morgan fingerprint density at radius 1 is 0.939 bits per heavy atom. The van der Waals surface area contributed by atoms with Crippen molar-refractivity contribution >= 4 is 33.0 Å². The van der Waals surface area contributed by atoms with E-state index in [4.69, 9.17) is 9.47 Å². The van der Waals surface area contributed by atoms with Gasteiger partial charge in [-0.25, -0.2) is 8.42 Å². The summed E-state index contributed by atoms with van der Waals surface area (Å²) in [7, 11) is -0.771. The van der Waals surface area contributed by atoms with E-state index in [9.17, 15) is 13.2 Å². The third-order valence-corrected chi connectivity index (χ3v) is 6.80. The van der Waals surface area contributed by atoms with E-state index >= 15 is 0 Å². The average molecular weight is 470 g/mol. The van der Waals surface area contributed by atoms with Gasteiger partial charge in [0.15, 0.2) is 0 Å². The topological polar surface area (TPSA) is 97.0 Å². The molecule has 8 nitrogen and oxygen atoms in total. The van der Waals surface area contributed by atoms with Gasteiger partial charge in [0.1, 0.15) is 11.5 Å². The average Bonchev–Trinajstić information content (AvgIpc) is 2.84. The van der Waals surface area contributed by atoms with Crippen molar-refractivity contribution in [1.82, 2.24) is 0 Å². The van der Waals surface area contributed by atoms with E-state index in [0.717, 1.165) is 0 Å². The molecule has 0 aromatic heterocycles. The Morgan fingerprint density at radius 2 is 1.64 bits per heavy atom. The van der Waals surface area contributed by atoms with Crippen LogP contribution in [0.4, 0.5) is 17.1 Å². The highest BCUT2D eigenvalue weighted by molar-refractivity contribution is 7.92. The van der Waals surface area contributed by atoms with Gasteiger partial charge in [-0.3, -0.25) is 9.10 Å². The number of nitrogens with zero attached hydrogens (tertiary/aromatic N) is 1. The van der Waals surface area contributed by atoms with Gasteiger partial charge in [0, 0.05) is 12.2 Å². The molecule has 0 aliphatic carbocycles. The summed E-state index contributed by atoms with van der Waals surface area (Å²) in [5.41, 5.74) is 1.59. The maximum absolute atomic E-state index is 13.3. The summed E-state index contributed by atoms with van der Waals surface area (Å²) in [5.74, 6) is 0.814. The number of hydrogen-bond acceptors (Lipinski definition) is 6. The number of benzene rings is 3. The molecule has 3 aromatic rings. The largest absolute Gasteiger partial charge is 0.497 e. The number of sulfonamides is 1. The van der Waals surface area contributed by atoms with E-state index in [1.807, 2.05) is 6.07 Å². The van der Waals surface area contributed by atoms with Crippen molar-refractivity contribution in [3.63, 3.8) is 0 Å². The van der Waals surface area contributed by atoms with E-state index in [1.165, 1.54) is 23.5 Å². The molecule has 0 atom stereocenters. The van der Waals surface area contributed by atoms with Crippen LogP contribution in [0.5, 0.6) is 11.5 Å². The first kappa shape index (κ1) is 23.9. The van der Waals surface area contributed by atoms with Gasteiger partial charge in [-0.05, 0) is 61.5 Å². The number of ether oxygens (including phenoxy) is 2. The number of carbonyl (C=O) groups excluding carboxylic acids is 1. The Hall–Kier alpha value is -3.72. The maximum atomic E-state index is 13.3. The zero-order valence-electron chi connectivity index (χ0n) is 18.7. The number of anilines is 3. The van der Waals surface area contributed by atoms with E-state index in [0.29, 0.717) is 28.6 Å². The monoisotopic (exact) mass is 469 g/mol. The van der Waals surface area contributed by atoms with Crippen LogP contribution < -0.4 is 24.4 Å². The Bertz CT molecular complexity index is 1180. The van der Waals surface area contributed by atoms with Crippen LogP contribution >= 0.6 is 0 Å². The van der Waals surface area contributed by atoms with Crippen LogP contribution in [-0.4, -0.2) is 41.6 Å². The minimum atomic E-state index is -3.82. The number of methoxy groups -OCH3 is 2. The van der Waals surface area contributed by atoms with Crippen LogP contribution in [0.15, 0.2) is 77.7 Å². The smallest absolute Gasteiger partial charge is 0.264 e. The van der Waals surface area contributed by atoms with Crippen molar-refractivity contribution in [3.05, 3.63) is 72.8 Å². The second-order valence-corrected chi connectivity index (χ2v) is 8.86. The summed E-state index contributed by atoms with van der Waals surface area (Å²) in [5, 5.41) is 5.74.